The molecule has 1 fully saturated rings. The number of halogens is 4. The number of carbonyl (C=O) groups excluding carboxylic acids is 1. The second-order valence-corrected chi connectivity index (χ2v) is 6.58. The van der Waals surface area contributed by atoms with Crippen molar-refractivity contribution in [3.8, 4) is 0 Å². The Morgan fingerprint density at radius 3 is 2.79 bits per heavy atom. The van der Waals surface area contributed by atoms with Crippen molar-refractivity contribution in [2.45, 2.75) is 32.6 Å². The summed E-state index contributed by atoms with van der Waals surface area (Å²) in [6.07, 6.45) is -4.40. The molecule has 1 atom stereocenters. The van der Waals surface area contributed by atoms with Crippen LogP contribution < -0.4 is 5.32 Å². The zero-order chi connectivity index (χ0) is 20.5. The average molecular weight is 400 g/mol. The highest BCUT2D eigenvalue weighted by atomic mass is 19.4. The fourth-order valence-electron chi connectivity index (χ4n) is 3.36. The van der Waals surface area contributed by atoms with Crippen LogP contribution in [0.3, 0.4) is 0 Å². The number of urea groups is 1. The lowest BCUT2D eigenvalue weighted by molar-refractivity contribution is -0.143. The van der Waals surface area contributed by atoms with Crippen molar-refractivity contribution in [3.05, 3.63) is 47.0 Å². The largest absolute Gasteiger partial charge is 0.408 e. The number of aryl methyl sites for hydroxylation is 1. The molecule has 1 aliphatic rings. The minimum absolute atomic E-state index is 0.135. The molecule has 1 aromatic carbocycles. The second-order valence-electron chi connectivity index (χ2n) is 6.58. The van der Waals surface area contributed by atoms with Crippen LogP contribution in [-0.2, 0) is 11.3 Å². The molecule has 2 aromatic rings. The zero-order valence-electron chi connectivity index (χ0n) is 15.4. The molecule has 0 aliphatic carbocycles. The normalized spacial score (nSPS) is 17.6. The van der Waals surface area contributed by atoms with Gasteiger partial charge in [-0.1, -0.05) is 6.07 Å². The smallest absolute Gasteiger partial charge is 0.377 e. The van der Waals surface area contributed by atoms with Crippen LogP contribution in [0, 0.1) is 19.7 Å². The van der Waals surface area contributed by atoms with E-state index >= 15 is 0 Å². The Morgan fingerprint density at radius 2 is 2.11 bits per heavy atom. The Balaban J connectivity index is 1.86. The van der Waals surface area contributed by atoms with Crippen LogP contribution in [0.25, 0.3) is 0 Å². The quantitative estimate of drug-likeness (QED) is 0.798. The van der Waals surface area contributed by atoms with Crippen LogP contribution in [0.1, 0.15) is 23.0 Å². The van der Waals surface area contributed by atoms with E-state index in [1.807, 2.05) is 0 Å². The van der Waals surface area contributed by atoms with Crippen LogP contribution in [0.5, 0.6) is 0 Å². The summed E-state index contributed by atoms with van der Waals surface area (Å²) in [4.78, 5) is 14.2. The van der Waals surface area contributed by atoms with Gasteiger partial charge in [-0.2, -0.15) is 18.3 Å². The van der Waals surface area contributed by atoms with Crippen LogP contribution in [0.2, 0.25) is 0 Å². The highest BCUT2D eigenvalue weighted by molar-refractivity contribution is 5.89. The summed E-state index contributed by atoms with van der Waals surface area (Å²) in [5, 5.41) is 6.61. The maximum atomic E-state index is 13.4. The molecule has 0 saturated carbocycles. The monoisotopic (exact) mass is 400 g/mol. The molecule has 10 heteroatoms. The molecule has 6 nitrogen and oxygen atoms in total. The number of nitrogens with one attached hydrogen (secondary N) is 1. The van der Waals surface area contributed by atoms with E-state index < -0.39 is 30.6 Å². The number of benzene rings is 1. The molecular formula is C18H20F4N4O2. The molecule has 0 spiro atoms. The number of ether oxygens (including phenoxy) is 1. The van der Waals surface area contributed by atoms with Crippen LogP contribution in [0.4, 0.5) is 28.0 Å². The number of aromatic nitrogens is 2. The number of morpholine rings is 1. The van der Waals surface area contributed by atoms with Crippen molar-refractivity contribution < 1.29 is 27.1 Å². The molecule has 1 aromatic heterocycles. The molecular weight excluding hydrogens is 380 g/mol. The number of anilines is 1. The third-order valence-corrected chi connectivity index (χ3v) is 4.56. The van der Waals surface area contributed by atoms with Gasteiger partial charge in [0.05, 0.1) is 24.9 Å². The van der Waals surface area contributed by atoms with Crippen LogP contribution >= 0.6 is 0 Å². The van der Waals surface area contributed by atoms with Crippen molar-refractivity contribution in [3.63, 3.8) is 0 Å². The highest BCUT2D eigenvalue weighted by Crippen LogP contribution is 2.31. The summed E-state index contributed by atoms with van der Waals surface area (Å²) in [7, 11) is 0. The Bertz CT molecular complexity index is 866. The van der Waals surface area contributed by atoms with Crippen LogP contribution in [-0.4, -0.2) is 46.6 Å². The van der Waals surface area contributed by atoms with E-state index in [2.05, 4.69) is 10.4 Å². The van der Waals surface area contributed by atoms with Gasteiger partial charge in [-0.3, -0.25) is 4.68 Å². The van der Waals surface area contributed by atoms with E-state index in [9.17, 15) is 22.4 Å². The van der Waals surface area contributed by atoms with E-state index in [4.69, 9.17) is 4.74 Å². The SMILES string of the molecule is Cc1nn(CC(F)(F)F)c(C)c1C1COCCN1C(=O)Nc1cccc(F)c1. The third kappa shape index (κ3) is 4.44. The first-order valence-corrected chi connectivity index (χ1v) is 8.67. The van der Waals surface area contributed by atoms with Crippen molar-refractivity contribution in [1.29, 1.82) is 0 Å². The van der Waals surface area contributed by atoms with E-state index in [-0.39, 0.29) is 18.8 Å². The molecule has 2 heterocycles. The predicted molar refractivity (Wildman–Crippen MR) is 93.4 cm³/mol. The summed E-state index contributed by atoms with van der Waals surface area (Å²) in [6, 6.07) is 4.39. The molecule has 152 valence electrons. The summed E-state index contributed by atoms with van der Waals surface area (Å²) >= 11 is 0. The number of alkyl halides is 3. The number of hydrogen-bond donors (Lipinski definition) is 1. The average Bonchev–Trinajstić information content (AvgIpc) is 2.86. The van der Waals surface area contributed by atoms with Gasteiger partial charge in [0, 0.05) is 23.5 Å². The number of carbonyl (C=O) groups is 1. The van der Waals surface area contributed by atoms with Gasteiger partial charge in [0.1, 0.15) is 12.4 Å². The predicted octanol–water partition coefficient (Wildman–Crippen LogP) is 3.81. The molecule has 1 unspecified atom stereocenters. The molecule has 0 radical (unpaired) electrons. The zero-order valence-corrected chi connectivity index (χ0v) is 15.4. The molecule has 3 rings (SSSR count). The van der Waals surface area contributed by atoms with Crippen molar-refractivity contribution in [1.82, 2.24) is 14.7 Å². The van der Waals surface area contributed by atoms with Gasteiger partial charge in [0.25, 0.3) is 0 Å². The summed E-state index contributed by atoms with van der Waals surface area (Å²) < 4.78 is 58.1. The van der Waals surface area contributed by atoms with E-state index in [0.29, 0.717) is 23.6 Å². The van der Waals surface area contributed by atoms with Crippen molar-refractivity contribution >= 4 is 11.7 Å². The van der Waals surface area contributed by atoms with Crippen molar-refractivity contribution in [2.24, 2.45) is 0 Å². The Hall–Kier alpha value is -2.62. The van der Waals surface area contributed by atoms with E-state index in [1.54, 1.807) is 19.9 Å². The fraction of sp³-hybridized carbons (Fsp3) is 0.444. The van der Waals surface area contributed by atoms with Gasteiger partial charge in [-0.25, -0.2) is 9.18 Å². The minimum Gasteiger partial charge on any atom is -0.377 e. The second kappa shape index (κ2) is 7.78. The lowest BCUT2D eigenvalue weighted by Gasteiger charge is -2.36. The van der Waals surface area contributed by atoms with E-state index in [0.717, 1.165) is 4.68 Å². The molecule has 1 saturated heterocycles. The maximum absolute atomic E-state index is 13.4. The van der Waals surface area contributed by atoms with Crippen molar-refractivity contribution in [2.75, 3.05) is 25.1 Å². The van der Waals surface area contributed by atoms with Gasteiger partial charge < -0.3 is 15.0 Å². The highest BCUT2D eigenvalue weighted by Gasteiger charge is 2.35. The number of rotatable bonds is 3. The van der Waals surface area contributed by atoms with Crippen LogP contribution in [0.15, 0.2) is 24.3 Å². The fourth-order valence-corrected chi connectivity index (χ4v) is 3.36. The van der Waals surface area contributed by atoms with Gasteiger partial charge in [0.15, 0.2) is 0 Å². The topological polar surface area (TPSA) is 59.4 Å². The molecule has 28 heavy (non-hydrogen) atoms. The van der Waals surface area contributed by atoms with E-state index in [1.165, 1.54) is 23.1 Å². The maximum Gasteiger partial charge on any atom is 0.408 e. The first-order chi connectivity index (χ1) is 13.2. The number of nitrogens with zero attached hydrogens (tertiary/aromatic N) is 3. The summed E-state index contributed by atoms with van der Waals surface area (Å²) in [5.74, 6) is -0.489. The molecule has 1 aliphatic heterocycles. The minimum atomic E-state index is -4.40. The number of amides is 2. The third-order valence-electron chi connectivity index (χ3n) is 4.56. The lowest BCUT2D eigenvalue weighted by Crippen LogP contribution is -2.45. The first kappa shape index (κ1) is 20.1. The van der Waals surface area contributed by atoms with Gasteiger partial charge >= 0.3 is 12.2 Å². The van der Waals surface area contributed by atoms with Gasteiger partial charge in [-0.05, 0) is 32.0 Å². The molecule has 0 bridgehead atoms. The molecule has 2 amide bonds. The first-order valence-electron chi connectivity index (χ1n) is 8.67. The lowest BCUT2D eigenvalue weighted by atomic mass is 10.0. The number of hydrogen-bond acceptors (Lipinski definition) is 3. The van der Waals surface area contributed by atoms with Gasteiger partial charge in [0.2, 0.25) is 0 Å². The Morgan fingerprint density at radius 1 is 1.36 bits per heavy atom. The Labute approximate surface area is 159 Å². The van der Waals surface area contributed by atoms with Gasteiger partial charge in [-0.15, -0.1) is 0 Å². The summed E-state index contributed by atoms with van der Waals surface area (Å²) in [6.45, 7) is 2.61. The standard InChI is InChI=1S/C18H20F4N4O2/c1-11-16(12(2)26(24-11)10-18(20,21)22)15-9-28-7-6-25(15)17(27)23-14-5-3-4-13(19)8-14/h3-5,8,15H,6-7,9-10H2,1-2H3,(H,23,27). The Kier molecular flexibility index (Phi) is 5.59. The molecule has 1 N–H and O–H groups in total. The summed E-state index contributed by atoms with van der Waals surface area (Å²) in [5.41, 5.74) is 1.55.